The number of ether oxygens (including phenoxy) is 3. The Kier molecular flexibility index (Phi) is 25.1. The third-order valence-electron chi connectivity index (χ3n) is 8.62. The van der Waals surface area contributed by atoms with Crippen LogP contribution >= 0.6 is 0 Å². The van der Waals surface area contributed by atoms with Gasteiger partial charge in [0.15, 0.2) is 0 Å². The van der Waals surface area contributed by atoms with Gasteiger partial charge in [-0.15, -0.1) is 0 Å². The van der Waals surface area contributed by atoms with E-state index in [1.807, 2.05) is 0 Å². The Labute approximate surface area is 319 Å². The summed E-state index contributed by atoms with van der Waals surface area (Å²) in [5, 5.41) is 25.9. The van der Waals surface area contributed by atoms with Gasteiger partial charge in [0.25, 0.3) is 0 Å². The Balaban J connectivity index is 0.000000806. The van der Waals surface area contributed by atoms with Crippen LogP contribution in [-0.4, -0.2) is 71.0 Å². The lowest BCUT2D eigenvalue weighted by atomic mass is 10.0. The minimum absolute atomic E-state index is 0.0583. The summed E-state index contributed by atoms with van der Waals surface area (Å²) in [6, 6.07) is 7.22. The van der Waals surface area contributed by atoms with Gasteiger partial charge in [-0.05, 0) is 55.7 Å². The lowest BCUT2D eigenvalue weighted by Gasteiger charge is -2.12. The number of carboxylic acid groups (broad SMARTS) is 3. The van der Waals surface area contributed by atoms with Crippen LogP contribution in [0.2, 0.25) is 0 Å². The highest BCUT2D eigenvalue weighted by atomic mass is 16.5. The summed E-state index contributed by atoms with van der Waals surface area (Å²) >= 11 is 0. The molecule has 0 saturated heterocycles. The Morgan fingerprint density at radius 3 is 1.17 bits per heavy atom. The molecule has 0 aliphatic carbocycles. The van der Waals surface area contributed by atoms with Crippen LogP contribution < -0.4 is 0 Å². The number of esters is 3. The van der Waals surface area contributed by atoms with Gasteiger partial charge < -0.3 is 29.5 Å². The van der Waals surface area contributed by atoms with Crippen molar-refractivity contribution in [1.29, 1.82) is 0 Å². The van der Waals surface area contributed by atoms with E-state index in [1.54, 1.807) is 0 Å². The summed E-state index contributed by atoms with van der Waals surface area (Å²) in [5.74, 6) is -5.88. The van der Waals surface area contributed by atoms with Crippen molar-refractivity contribution < 1.29 is 58.3 Å². The zero-order valence-corrected chi connectivity index (χ0v) is 32.3. The lowest BCUT2D eigenvalue weighted by Crippen LogP contribution is -2.17. The highest BCUT2D eigenvalue weighted by Crippen LogP contribution is 2.18. The van der Waals surface area contributed by atoms with E-state index in [1.165, 1.54) is 76.0 Å². The van der Waals surface area contributed by atoms with Gasteiger partial charge in [0.1, 0.15) is 0 Å². The second-order valence-electron chi connectivity index (χ2n) is 13.1. The Morgan fingerprint density at radius 1 is 0.389 bits per heavy atom. The number of carboxylic acids is 3. The third-order valence-corrected chi connectivity index (χ3v) is 8.62. The average molecular weight is 757 g/mol. The Hall–Kier alpha value is -4.74. The van der Waals surface area contributed by atoms with Crippen LogP contribution in [0.5, 0.6) is 0 Å². The summed E-state index contributed by atoms with van der Waals surface area (Å²) in [6.07, 6.45) is 19.6. The van der Waals surface area contributed by atoms with Gasteiger partial charge >= 0.3 is 35.8 Å². The van der Waals surface area contributed by atoms with Crippen molar-refractivity contribution in [3.8, 4) is 0 Å². The molecule has 300 valence electrons. The van der Waals surface area contributed by atoms with E-state index in [0.717, 1.165) is 76.0 Å². The number of carbonyl (C=O) groups excluding carboxylic acids is 3. The third kappa shape index (κ3) is 19.4. The fourth-order valence-corrected chi connectivity index (χ4v) is 5.44. The molecule has 12 nitrogen and oxygen atoms in total. The maximum atomic E-state index is 13.0. The van der Waals surface area contributed by atoms with Gasteiger partial charge in [0.05, 0.1) is 53.2 Å². The summed E-state index contributed by atoms with van der Waals surface area (Å²) in [6.45, 7) is 7.46. The SMILES string of the molecule is CCCCCCCCOC(=O)c1ccc(C(=O)OCCCCCCCC)c(C(=O)OCCCCCCCC)c1.O=C(O)c1ccc(C(=O)O)c(C(=O)O)c1. The predicted octanol–water partition coefficient (Wildman–Crippen LogP) is 10.0. The van der Waals surface area contributed by atoms with Crippen LogP contribution in [0.1, 0.15) is 198 Å². The van der Waals surface area contributed by atoms with Crippen LogP contribution in [0.4, 0.5) is 0 Å². The van der Waals surface area contributed by atoms with Crippen molar-refractivity contribution >= 4 is 35.8 Å². The molecular formula is C42H60O12. The molecule has 0 amide bonds. The van der Waals surface area contributed by atoms with Gasteiger partial charge in [-0.2, -0.15) is 0 Å². The number of hydrogen-bond acceptors (Lipinski definition) is 9. The highest BCUT2D eigenvalue weighted by Gasteiger charge is 2.23. The van der Waals surface area contributed by atoms with Crippen molar-refractivity contribution in [3.63, 3.8) is 0 Å². The van der Waals surface area contributed by atoms with Gasteiger partial charge in [0.2, 0.25) is 0 Å². The monoisotopic (exact) mass is 756 g/mol. The van der Waals surface area contributed by atoms with Crippen molar-refractivity contribution in [2.75, 3.05) is 19.8 Å². The van der Waals surface area contributed by atoms with E-state index < -0.39 is 46.9 Å². The van der Waals surface area contributed by atoms with E-state index >= 15 is 0 Å². The molecular weight excluding hydrogens is 696 g/mol. The number of carbonyl (C=O) groups is 6. The molecule has 0 aromatic heterocycles. The molecule has 0 fully saturated rings. The average Bonchev–Trinajstić information content (AvgIpc) is 3.16. The second-order valence-corrected chi connectivity index (χ2v) is 13.1. The maximum Gasteiger partial charge on any atom is 0.339 e. The molecule has 0 radical (unpaired) electrons. The first-order valence-corrected chi connectivity index (χ1v) is 19.5. The maximum absolute atomic E-state index is 13.0. The quantitative estimate of drug-likeness (QED) is 0.0445. The molecule has 2 aromatic rings. The van der Waals surface area contributed by atoms with E-state index in [-0.39, 0.29) is 28.9 Å². The van der Waals surface area contributed by atoms with Crippen molar-refractivity contribution in [2.45, 2.75) is 136 Å². The van der Waals surface area contributed by atoms with Crippen LogP contribution in [0.25, 0.3) is 0 Å². The molecule has 12 heteroatoms. The smallest absolute Gasteiger partial charge is 0.339 e. The number of rotatable bonds is 27. The lowest BCUT2D eigenvalue weighted by molar-refractivity contribution is 0.0447. The molecule has 0 saturated carbocycles. The fraction of sp³-hybridized carbons (Fsp3) is 0.571. The summed E-state index contributed by atoms with van der Waals surface area (Å²) in [7, 11) is 0. The van der Waals surface area contributed by atoms with Gasteiger partial charge in [-0.3, -0.25) is 0 Å². The van der Waals surface area contributed by atoms with E-state index in [9.17, 15) is 28.8 Å². The summed E-state index contributed by atoms with van der Waals surface area (Å²) in [5.41, 5.74) is -0.823. The predicted molar refractivity (Wildman–Crippen MR) is 205 cm³/mol. The molecule has 0 heterocycles. The number of benzene rings is 2. The zero-order chi connectivity index (χ0) is 40.1. The summed E-state index contributed by atoms with van der Waals surface area (Å²) < 4.78 is 16.4. The standard InChI is InChI=1S/C33H54O6.C9H6O6/c1-4-7-10-13-16-19-24-37-31(34)28-22-23-29(32(35)38-25-20-17-14-11-8-5-2)30(27-28)33(36)39-26-21-18-15-12-9-6-3;10-7(11)4-1-2-5(8(12)13)6(3-4)9(14)15/h22-23,27H,4-21,24-26H2,1-3H3;1-3H,(H,10,11)(H,12,13)(H,14,15). The molecule has 2 rings (SSSR count). The molecule has 0 aliphatic heterocycles. The van der Waals surface area contributed by atoms with E-state index in [0.29, 0.717) is 13.2 Å². The topological polar surface area (TPSA) is 191 Å². The van der Waals surface area contributed by atoms with Gasteiger partial charge in [-0.1, -0.05) is 117 Å². The molecule has 54 heavy (non-hydrogen) atoms. The molecule has 0 spiro atoms. The first kappa shape index (κ1) is 47.3. The summed E-state index contributed by atoms with van der Waals surface area (Å²) in [4.78, 5) is 70.2. The van der Waals surface area contributed by atoms with Crippen molar-refractivity contribution in [3.05, 3.63) is 69.8 Å². The number of hydrogen-bond donors (Lipinski definition) is 3. The van der Waals surface area contributed by atoms with Crippen LogP contribution in [0.3, 0.4) is 0 Å². The van der Waals surface area contributed by atoms with Crippen LogP contribution in [0.15, 0.2) is 36.4 Å². The van der Waals surface area contributed by atoms with Crippen LogP contribution in [-0.2, 0) is 14.2 Å². The Bertz CT molecular complexity index is 1470. The molecule has 2 aromatic carbocycles. The molecule has 0 aliphatic rings. The van der Waals surface area contributed by atoms with Crippen molar-refractivity contribution in [2.24, 2.45) is 0 Å². The number of unbranched alkanes of at least 4 members (excludes halogenated alkanes) is 15. The van der Waals surface area contributed by atoms with Crippen molar-refractivity contribution in [1.82, 2.24) is 0 Å². The largest absolute Gasteiger partial charge is 0.478 e. The van der Waals surface area contributed by atoms with Gasteiger partial charge in [-0.25, -0.2) is 28.8 Å². The minimum Gasteiger partial charge on any atom is -0.478 e. The number of aromatic carboxylic acids is 3. The van der Waals surface area contributed by atoms with Crippen LogP contribution in [0, 0.1) is 0 Å². The fourth-order valence-electron chi connectivity index (χ4n) is 5.44. The normalized spacial score (nSPS) is 10.5. The minimum atomic E-state index is -1.48. The molecule has 3 N–H and O–H groups in total. The zero-order valence-electron chi connectivity index (χ0n) is 32.3. The van der Waals surface area contributed by atoms with E-state index in [4.69, 9.17) is 29.5 Å². The highest BCUT2D eigenvalue weighted by molar-refractivity contribution is 6.05. The molecule has 0 bridgehead atoms. The second kappa shape index (κ2) is 28.7. The van der Waals surface area contributed by atoms with Gasteiger partial charge in [0, 0.05) is 0 Å². The first-order chi connectivity index (χ1) is 26.0. The molecule has 0 atom stereocenters. The Morgan fingerprint density at radius 2 is 0.741 bits per heavy atom. The van der Waals surface area contributed by atoms with E-state index in [2.05, 4.69) is 20.8 Å². The molecule has 0 unspecified atom stereocenters. The first-order valence-electron chi connectivity index (χ1n) is 19.5.